The summed E-state index contributed by atoms with van der Waals surface area (Å²) in [6.45, 7) is -0.121. The van der Waals surface area contributed by atoms with Crippen molar-refractivity contribution in [2.24, 2.45) is 0 Å². The molecule has 1 aliphatic rings. The normalized spacial score (nSPS) is 18.4. The van der Waals surface area contributed by atoms with Crippen molar-refractivity contribution in [3.05, 3.63) is 0 Å². The van der Waals surface area contributed by atoms with Gasteiger partial charge in [0, 0.05) is 19.1 Å². The molecule has 0 aromatic heterocycles. The monoisotopic (exact) mass is 267 g/mol. The molecule has 0 saturated carbocycles. The van der Waals surface area contributed by atoms with Gasteiger partial charge in [-0.1, -0.05) is 0 Å². The van der Waals surface area contributed by atoms with Gasteiger partial charge in [-0.25, -0.2) is 0 Å². The van der Waals surface area contributed by atoms with E-state index in [2.05, 4.69) is 10.2 Å². The molecule has 106 valence electrons. The van der Waals surface area contributed by atoms with Crippen LogP contribution in [0.15, 0.2) is 0 Å². The molecule has 7 heteroatoms. The number of carbonyl (C=O) groups is 1. The molecular formula is C11H20F3N3O. The van der Waals surface area contributed by atoms with Gasteiger partial charge in [-0.05, 0) is 26.9 Å². The second kappa shape index (κ2) is 6.38. The lowest BCUT2D eigenvalue weighted by Gasteiger charge is -2.35. The molecule has 0 radical (unpaired) electrons. The van der Waals surface area contributed by atoms with Gasteiger partial charge in [-0.3, -0.25) is 4.79 Å². The molecule has 4 nitrogen and oxygen atoms in total. The van der Waals surface area contributed by atoms with Gasteiger partial charge in [-0.15, -0.1) is 0 Å². The Morgan fingerprint density at radius 3 is 2.33 bits per heavy atom. The zero-order chi connectivity index (χ0) is 13.8. The quantitative estimate of drug-likeness (QED) is 0.814. The van der Waals surface area contributed by atoms with E-state index in [0.717, 1.165) is 12.8 Å². The van der Waals surface area contributed by atoms with Gasteiger partial charge in [-0.2, -0.15) is 13.2 Å². The highest BCUT2D eigenvalue weighted by Gasteiger charge is 2.28. The molecule has 1 amide bonds. The van der Waals surface area contributed by atoms with Gasteiger partial charge in [0.25, 0.3) is 0 Å². The third-order valence-corrected chi connectivity index (χ3v) is 3.15. The lowest BCUT2D eigenvalue weighted by molar-refractivity contribution is -0.135. The Bertz CT molecular complexity index is 273. The summed E-state index contributed by atoms with van der Waals surface area (Å²) in [6.07, 6.45) is -2.52. The Hall–Kier alpha value is -0.820. The summed E-state index contributed by atoms with van der Waals surface area (Å²) in [7, 11) is 3.99. The largest absolute Gasteiger partial charge is 0.401 e. The third kappa shape index (κ3) is 5.22. The first-order valence-electron chi connectivity index (χ1n) is 6.01. The van der Waals surface area contributed by atoms with Crippen LogP contribution in [0.4, 0.5) is 13.2 Å². The molecule has 1 rings (SSSR count). The highest BCUT2D eigenvalue weighted by atomic mass is 19.4. The van der Waals surface area contributed by atoms with Gasteiger partial charge in [0.15, 0.2) is 0 Å². The average Bonchev–Trinajstić information content (AvgIpc) is 2.27. The van der Waals surface area contributed by atoms with E-state index in [4.69, 9.17) is 0 Å². The van der Waals surface area contributed by atoms with E-state index in [1.54, 1.807) is 4.90 Å². The number of rotatable bonds is 4. The summed E-state index contributed by atoms with van der Waals surface area (Å²) in [5.74, 6) is -0.253. The number of amides is 1. The standard InChI is InChI=1S/C11H20F3N3O/c1-16(2)9-3-5-17(6-4-9)10(18)7-15-8-11(12,13)14/h9,15H,3-8H2,1-2H3. The van der Waals surface area contributed by atoms with Gasteiger partial charge >= 0.3 is 6.18 Å². The van der Waals surface area contributed by atoms with Crippen LogP contribution >= 0.6 is 0 Å². The number of alkyl halides is 3. The number of likely N-dealkylation sites (tertiary alicyclic amines) is 1. The summed E-state index contributed by atoms with van der Waals surface area (Å²) in [5, 5.41) is 2.13. The SMILES string of the molecule is CN(C)C1CCN(C(=O)CNCC(F)(F)F)CC1. The van der Waals surface area contributed by atoms with Gasteiger partial charge < -0.3 is 15.1 Å². The van der Waals surface area contributed by atoms with Crippen LogP contribution in [0.5, 0.6) is 0 Å². The van der Waals surface area contributed by atoms with Crippen molar-refractivity contribution < 1.29 is 18.0 Å². The van der Waals surface area contributed by atoms with E-state index < -0.39 is 12.7 Å². The van der Waals surface area contributed by atoms with Crippen molar-refractivity contribution in [2.45, 2.75) is 25.1 Å². The summed E-state index contributed by atoms with van der Waals surface area (Å²) in [5.41, 5.74) is 0. The van der Waals surface area contributed by atoms with E-state index in [1.807, 2.05) is 14.1 Å². The molecule has 0 spiro atoms. The summed E-state index contributed by atoms with van der Waals surface area (Å²) < 4.78 is 35.7. The van der Waals surface area contributed by atoms with E-state index >= 15 is 0 Å². The van der Waals surface area contributed by atoms with Crippen LogP contribution < -0.4 is 5.32 Å². The van der Waals surface area contributed by atoms with E-state index in [0.29, 0.717) is 19.1 Å². The predicted octanol–water partition coefficient (Wildman–Crippen LogP) is 0.691. The number of halogens is 3. The molecule has 1 aliphatic heterocycles. The molecule has 18 heavy (non-hydrogen) atoms. The second-order valence-electron chi connectivity index (χ2n) is 4.79. The van der Waals surface area contributed by atoms with Crippen molar-refractivity contribution in [1.82, 2.24) is 15.1 Å². The van der Waals surface area contributed by atoms with Crippen LogP contribution in [0.3, 0.4) is 0 Å². The Morgan fingerprint density at radius 2 is 1.89 bits per heavy atom. The van der Waals surface area contributed by atoms with Crippen LogP contribution in [0.2, 0.25) is 0 Å². The maximum atomic E-state index is 11.9. The molecular weight excluding hydrogens is 247 g/mol. The molecule has 1 saturated heterocycles. The predicted molar refractivity (Wildman–Crippen MR) is 62.2 cm³/mol. The third-order valence-electron chi connectivity index (χ3n) is 3.15. The fourth-order valence-corrected chi connectivity index (χ4v) is 2.05. The first-order chi connectivity index (χ1) is 8.29. The summed E-state index contributed by atoms with van der Waals surface area (Å²) in [4.78, 5) is 15.4. The van der Waals surface area contributed by atoms with Crippen molar-refractivity contribution in [3.63, 3.8) is 0 Å². The summed E-state index contributed by atoms with van der Waals surface area (Å²) in [6, 6.07) is 0.456. The zero-order valence-electron chi connectivity index (χ0n) is 10.8. The van der Waals surface area contributed by atoms with E-state index in [-0.39, 0.29) is 12.5 Å². The fraction of sp³-hybridized carbons (Fsp3) is 0.909. The smallest absolute Gasteiger partial charge is 0.341 e. The Balaban J connectivity index is 2.24. The number of carbonyl (C=O) groups excluding carboxylic acids is 1. The highest BCUT2D eigenvalue weighted by molar-refractivity contribution is 5.78. The average molecular weight is 267 g/mol. The van der Waals surface area contributed by atoms with Gasteiger partial charge in [0.05, 0.1) is 13.1 Å². The van der Waals surface area contributed by atoms with Crippen LogP contribution in [0, 0.1) is 0 Å². The molecule has 0 bridgehead atoms. The van der Waals surface area contributed by atoms with Crippen LogP contribution in [0.1, 0.15) is 12.8 Å². The minimum absolute atomic E-state index is 0.244. The number of nitrogens with one attached hydrogen (secondary N) is 1. The van der Waals surface area contributed by atoms with Crippen LogP contribution in [-0.4, -0.2) is 68.2 Å². The van der Waals surface area contributed by atoms with Crippen molar-refractivity contribution >= 4 is 5.91 Å². The first-order valence-corrected chi connectivity index (χ1v) is 6.01. The minimum Gasteiger partial charge on any atom is -0.341 e. The van der Waals surface area contributed by atoms with E-state index in [1.165, 1.54) is 0 Å². The van der Waals surface area contributed by atoms with Crippen molar-refractivity contribution in [2.75, 3.05) is 40.3 Å². The number of hydrogen-bond donors (Lipinski definition) is 1. The molecule has 0 atom stereocenters. The van der Waals surface area contributed by atoms with Gasteiger partial charge in [0.1, 0.15) is 0 Å². The second-order valence-corrected chi connectivity index (χ2v) is 4.79. The molecule has 0 aromatic carbocycles. The molecule has 1 N–H and O–H groups in total. The number of hydrogen-bond acceptors (Lipinski definition) is 3. The topological polar surface area (TPSA) is 35.6 Å². The Labute approximate surface area is 105 Å². The molecule has 1 heterocycles. The highest BCUT2D eigenvalue weighted by Crippen LogP contribution is 2.14. The number of piperidine rings is 1. The maximum absolute atomic E-state index is 11.9. The lowest BCUT2D eigenvalue weighted by Crippen LogP contribution is -2.47. The Morgan fingerprint density at radius 1 is 1.33 bits per heavy atom. The molecule has 1 fully saturated rings. The summed E-state index contributed by atoms with van der Waals surface area (Å²) >= 11 is 0. The first kappa shape index (κ1) is 15.2. The number of nitrogens with zero attached hydrogens (tertiary/aromatic N) is 2. The van der Waals surface area contributed by atoms with Gasteiger partial charge in [0.2, 0.25) is 5.91 Å². The maximum Gasteiger partial charge on any atom is 0.401 e. The van der Waals surface area contributed by atoms with Crippen LogP contribution in [-0.2, 0) is 4.79 Å². The van der Waals surface area contributed by atoms with Crippen molar-refractivity contribution in [3.8, 4) is 0 Å². The molecule has 0 aromatic rings. The van der Waals surface area contributed by atoms with Crippen LogP contribution in [0.25, 0.3) is 0 Å². The van der Waals surface area contributed by atoms with Crippen molar-refractivity contribution in [1.29, 1.82) is 0 Å². The lowest BCUT2D eigenvalue weighted by atomic mass is 10.0. The molecule has 0 aliphatic carbocycles. The Kier molecular flexibility index (Phi) is 5.40. The molecule has 0 unspecified atom stereocenters. The fourth-order valence-electron chi connectivity index (χ4n) is 2.05. The minimum atomic E-state index is -4.27. The zero-order valence-corrected chi connectivity index (χ0v) is 10.8. The van der Waals surface area contributed by atoms with E-state index in [9.17, 15) is 18.0 Å².